The summed E-state index contributed by atoms with van der Waals surface area (Å²) in [6.45, 7) is 0.632. The van der Waals surface area contributed by atoms with Crippen LogP contribution in [-0.2, 0) is 12.1 Å². The van der Waals surface area contributed by atoms with Gasteiger partial charge in [-0.1, -0.05) is 23.7 Å². The molecule has 0 amide bonds. The van der Waals surface area contributed by atoms with Crippen LogP contribution in [0.1, 0.15) is 18.3 Å². The van der Waals surface area contributed by atoms with E-state index in [0.29, 0.717) is 16.8 Å². The number of halogens is 6. The summed E-state index contributed by atoms with van der Waals surface area (Å²) in [6, 6.07) is 6.87. The Morgan fingerprint density at radius 1 is 1.04 bits per heavy atom. The van der Waals surface area contributed by atoms with E-state index in [1.54, 1.807) is 12.1 Å². The number of alkyl halides is 5. The number of aromatic nitrogens is 5. The maximum atomic E-state index is 14.2. The van der Waals surface area contributed by atoms with Gasteiger partial charge in [-0.05, 0) is 18.2 Å². The van der Waals surface area contributed by atoms with Gasteiger partial charge >= 0.3 is 6.18 Å². The minimum absolute atomic E-state index is 0.198. The van der Waals surface area contributed by atoms with Crippen molar-refractivity contribution in [1.82, 2.24) is 24.4 Å². The third-order valence-corrected chi connectivity index (χ3v) is 4.25. The summed E-state index contributed by atoms with van der Waals surface area (Å²) in [5, 5.41) is 8.17. The van der Waals surface area contributed by atoms with Gasteiger partial charge in [-0.3, -0.25) is 0 Å². The first kappa shape index (κ1) is 17.7. The van der Waals surface area contributed by atoms with Crippen LogP contribution in [0.25, 0.3) is 22.4 Å². The van der Waals surface area contributed by atoms with Crippen molar-refractivity contribution >= 4 is 28.2 Å². The van der Waals surface area contributed by atoms with Crippen LogP contribution in [0.15, 0.2) is 36.5 Å². The highest BCUT2D eigenvalue weighted by Gasteiger charge is 2.38. The number of pyridine rings is 1. The standard InChI is InChI=1S/C16H9ClF5N5/c1-15(18,19)9-5-6-11-24-14(16(20,21)22)25-26(11)13(9)27-12-8(7-23-27)3-2-4-10(12)17/h2-7H,1H3. The number of fused-ring (bicyclic) bond motifs is 2. The van der Waals surface area contributed by atoms with E-state index in [9.17, 15) is 22.0 Å². The van der Waals surface area contributed by atoms with Gasteiger partial charge in [0, 0.05) is 12.3 Å². The Bertz CT molecular complexity index is 1170. The van der Waals surface area contributed by atoms with Crippen molar-refractivity contribution in [3.63, 3.8) is 0 Å². The monoisotopic (exact) mass is 401 g/mol. The van der Waals surface area contributed by atoms with Crippen LogP contribution in [0.5, 0.6) is 0 Å². The number of para-hydroxylation sites is 1. The molecule has 0 aliphatic heterocycles. The number of rotatable bonds is 2. The van der Waals surface area contributed by atoms with Gasteiger partial charge in [0.25, 0.3) is 11.7 Å². The first-order valence-corrected chi connectivity index (χ1v) is 7.93. The van der Waals surface area contributed by atoms with Gasteiger partial charge in [0.15, 0.2) is 11.5 Å². The predicted molar refractivity (Wildman–Crippen MR) is 87.2 cm³/mol. The van der Waals surface area contributed by atoms with Gasteiger partial charge in [0.1, 0.15) is 0 Å². The average molecular weight is 402 g/mol. The van der Waals surface area contributed by atoms with Gasteiger partial charge in [-0.25, -0.2) is 18.4 Å². The second kappa shape index (κ2) is 5.62. The van der Waals surface area contributed by atoms with Crippen LogP contribution in [0.2, 0.25) is 5.02 Å². The highest BCUT2D eigenvalue weighted by Crippen LogP contribution is 2.36. The Morgan fingerprint density at radius 3 is 2.44 bits per heavy atom. The van der Waals surface area contributed by atoms with Crippen LogP contribution in [0.3, 0.4) is 0 Å². The van der Waals surface area contributed by atoms with Crippen molar-refractivity contribution in [3.8, 4) is 5.82 Å². The maximum Gasteiger partial charge on any atom is 0.453 e. The fourth-order valence-corrected chi connectivity index (χ4v) is 3.06. The van der Waals surface area contributed by atoms with Crippen molar-refractivity contribution in [2.45, 2.75) is 19.0 Å². The van der Waals surface area contributed by atoms with E-state index >= 15 is 0 Å². The Balaban J connectivity index is 2.14. The summed E-state index contributed by atoms with van der Waals surface area (Å²) >= 11 is 6.18. The smallest absolute Gasteiger partial charge is 0.213 e. The highest BCUT2D eigenvalue weighted by atomic mass is 35.5. The molecule has 0 saturated carbocycles. The first-order valence-electron chi connectivity index (χ1n) is 7.55. The lowest BCUT2D eigenvalue weighted by atomic mass is 10.1. The normalized spacial score (nSPS) is 13.0. The summed E-state index contributed by atoms with van der Waals surface area (Å²) in [5.74, 6) is -5.19. The van der Waals surface area contributed by atoms with E-state index in [0.717, 1.165) is 16.8 Å². The van der Waals surface area contributed by atoms with Crippen LogP contribution >= 0.6 is 11.6 Å². The van der Waals surface area contributed by atoms with Gasteiger partial charge in [-0.15, -0.1) is 5.10 Å². The molecule has 0 saturated heterocycles. The molecule has 0 atom stereocenters. The molecule has 0 radical (unpaired) electrons. The lowest BCUT2D eigenvalue weighted by Gasteiger charge is -2.17. The molecule has 3 aromatic heterocycles. The third-order valence-electron chi connectivity index (χ3n) is 3.94. The summed E-state index contributed by atoms with van der Waals surface area (Å²) < 4.78 is 69.2. The zero-order valence-electron chi connectivity index (χ0n) is 13.5. The molecule has 0 spiro atoms. The topological polar surface area (TPSA) is 48.0 Å². The van der Waals surface area contributed by atoms with Crippen LogP contribution < -0.4 is 0 Å². The Labute approximate surface area is 153 Å². The van der Waals surface area contributed by atoms with Gasteiger partial charge in [0.2, 0.25) is 0 Å². The molecule has 11 heteroatoms. The molecule has 5 nitrogen and oxygen atoms in total. The Hall–Kier alpha value is -2.75. The molecular weight excluding hydrogens is 393 g/mol. The quantitative estimate of drug-likeness (QED) is 0.451. The fourth-order valence-electron chi connectivity index (χ4n) is 2.80. The zero-order chi connectivity index (χ0) is 19.6. The van der Waals surface area contributed by atoms with Crippen molar-refractivity contribution in [2.75, 3.05) is 0 Å². The molecule has 0 aliphatic rings. The molecule has 0 aliphatic carbocycles. The van der Waals surface area contributed by atoms with E-state index in [2.05, 4.69) is 15.2 Å². The molecule has 4 aromatic rings. The zero-order valence-corrected chi connectivity index (χ0v) is 14.2. The molecule has 0 fully saturated rings. The predicted octanol–water partition coefficient (Wildman–Crippen LogP) is 4.85. The van der Waals surface area contributed by atoms with E-state index in [4.69, 9.17) is 11.6 Å². The molecule has 0 unspecified atom stereocenters. The van der Waals surface area contributed by atoms with E-state index in [1.807, 2.05) is 0 Å². The number of nitrogens with zero attached hydrogens (tertiary/aromatic N) is 5. The molecule has 27 heavy (non-hydrogen) atoms. The molecule has 0 N–H and O–H groups in total. The summed E-state index contributed by atoms with van der Waals surface area (Å²) in [6.07, 6.45) is -3.46. The fraction of sp³-hybridized carbons (Fsp3) is 0.188. The lowest BCUT2D eigenvalue weighted by molar-refractivity contribution is -0.144. The largest absolute Gasteiger partial charge is 0.453 e. The van der Waals surface area contributed by atoms with Gasteiger partial charge < -0.3 is 0 Å². The van der Waals surface area contributed by atoms with Gasteiger partial charge in [0.05, 0.1) is 22.3 Å². The second-order valence-corrected chi connectivity index (χ2v) is 6.30. The van der Waals surface area contributed by atoms with Crippen LogP contribution in [0.4, 0.5) is 22.0 Å². The minimum atomic E-state index is -4.83. The van der Waals surface area contributed by atoms with Crippen molar-refractivity contribution in [3.05, 3.63) is 52.9 Å². The number of hydrogen-bond donors (Lipinski definition) is 0. The summed E-state index contributed by atoms with van der Waals surface area (Å²) in [7, 11) is 0. The van der Waals surface area contributed by atoms with Crippen LogP contribution in [-0.4, -0.2) is 24.4 Å². The first-order chi connectivity index (χ1) is 12.6. The van der Waals surface area contributed by atoms with E-state index in [-0.39, 0.29) is 22.0 Å². The molecule has 0 bridgehead atoms. The van der Waals surface area contributed by atoms with Gasteiger partial charge in [-0.2, -0.15) is 22.8 Å². The van der Waals surface area contributed by atoms with Crippen LogP contribution in [0, 0.1) is 0 Å². The molecule has 140 valence electrons. The lowest BCUT2D eigenvalue weighted by Crippen LogP contribution is -2.17. The summed E-state index contributed by atoms with van der Waals surface area (Å²) in [5.41, 5.74) is -0.555. The number of benzene rings is 1. The molecule has 4 rings (SSSR count). The third kappa shape index (κ3) is 2.80. The van der Waals surface area contributed by atoms with Crippen molar-refractivity contribution < 1.29 is 22.0 Å². The Morgan fingerprint density at radius 2 is 1.78 bits per heavy atom. The van der Waals surface area contributed by atoms with Crippen molar-refractivity contribution in [2.24, 2.45) is 0 Å². The Kier molecular flexibility index (Phi) is 3.68. The van der Waals surface area contributed by atoms with E-state index in [1.165, 1.54) is 12.3 Å². The SMILES string of the molecule is CC(F)(F)c1ccc2nc(C(F)(F)F)nn2c1-n1ncc2cccc(Cl)c21. The second-order valence-electron chi connectivity index (χ2n) is 5.90. The molecule has 3 heterocycles. The highest BCUT2D eigenvalue weighted by molar-refractivity contribution is 6.35. The average Bonchev–Trinajstić information content (AvgIpc) is 3.17. The van der Waals surface area contributed by atoms with Crippen molar-refractivity contribution in [1.29, 1.82) is 0 Å². The minimum Gasteiger partial charge on any atom is -0.213 e. The summed E-state index contributed by atoms with van der Waals surface area (Å²) in [4.78, 5) is 3.39. The number of hydrogen-bond acceptors (Lipinski definition) is 3. The maximum absolute atomic E-state index is 14.2. The molecular formula is C16H9ClF5N5. The molecule has 1 aromatic carbocycles. The van der Waals surface area contributed by atoms with E-state index < -0.39 is 23.5 Å².